The minimum Gasteiger partial charge on any atom is -0.333 e. The number of aromatic nitrogens is 2. The largest absolute Gasteiger partial charge is 0.333 e. The maximum atomic E-state index is 12.9. The van der Waals surface area contributed by atoms with Gasteiger partial charge in [0.25, 0.3) is 0 Å². The van der Waals surface area contributed by atoms with Gasteiger partial charge in [0.15, 0.2) is 5.16 Å². The fourth-order valence-corrected chi connectivity index (χ4v) is 5.72. The summed E-state index contributed by atoms with van der Waals surface area (Å²) in [7, 11) is 2.18. The molecule has 0 aliphatic carbocycles. The van der Waals surface area contributed by atoms with Gasteiger partial charge in [-0.25, -0.2) is 4.98 Å². The summed E-state index contributed by atoms with van der Waals surface area (Å²) in [6.45, 7) is 9.11. The van der Waals surface area contributed by atoms with Gasteiger partial charge in [0.1, 0.15) is 0 Å². The van der Waals surface area contributed by atoms with Gasteiger partial charge in [-0.3, -0.25) is 9.69 Å². The van der Waals surface area contributed by atoms with Crippen LogP contribution in [0.2, 0.25) is 5.02 Å². The predicted octanol–water partition coefficient (Wildman–Crippen LogP) is 6.06. The van der Waals surface area contributed by atoms with Crippen molar-refractivity contribution in [2.75, 3.05) is 38.5 Å². The third-order valence-electron chi connectivity index (χ3n) is 6.83. The zero-order chi connectivity index (χ0) is 25.9. The molecule has 1 amide bonds. The first-order valence-corrected chi connectivity index (χ1v) is 13.8. The summed E-state index contributed by atoms with van der Waals surface area (Å²) < 4.78 is 0. The fourth-order valence-electron chi connectivity index (χ4n) is 4.63. The number of para-hydroxylation sites is 1. The highest BCUT2D eigenvalue weighted by Gasteiger charge is 2.20. The average molecular weight is 534 g/mol. The van der Waals surface area contributed by atoms with E-state index < -0.39 is 0 Å². The van der Waals surface area contributed by atoms with Crippen LogP contribution in [0.1, 0.15) is 18.1 Å². The van der Waals surface area contributed by atoms with Crippen molar-refractivity contribution in [1.82, 2.24) is 19.8 Å². The quantitative estimate of drug-likeness (QED) is 0.283. The van der Waals surface area contributed by atoms with Crippen LogP contribution >= 0.6 is 23.4 Å². The molecule has 3 aromatic carbocycles. The van der Waals surface area contributed by atoms with Crippen LogP contribution in [0, 0.1) is 6.92 Å². The molecule has 0 unspecified atom stereocenters. The number of fused-ring (bicyclic) bond motifs is 1. The second-order valence-electron chi connectivity index (χ2n) is 9.71. The van der Waals surface area contributed by atoms with E-state index in [4.69, 9.17) is 16.6 Å². The van der Waals surface area contributed by atoms with Gasteiger partial charge in [0.2, 0.25) is 5.91 Å². The lowest BCUT2D eigenvalue weighted by atomic mass is 9.98. The number of hydrogen-bond donors (Lipinski definition) is 2. The summed E-state index contributed by atoms with van der Waals surface area (Å²) in [6, 6.07) is 20.5. The summed E-state index contributed by atoms with van der Waals surface area (Å²) in [4.78, 5) is 26.1. The smallest absolute Gasteiger partial charge is 0.237 e. The van der Waals surface area contributed by atoms with Gasteiger partial charge < -0.3 is 15.2 Å². The molecule has 1 atom stereocenters. The number of benzene rings is 3. The molecule has 0 radical (unpaired) electrons. The molecule has 1 aliphatic rings. The van der Waals surface area contributed by atoms with Crippen molar-refractivity contribution >= 4 is 46.0 Å². The number of rotatable bonds is 7. The highest BCUT2D eigenvalue weighted by Crippen LogP contribution is 2.33. The van der Waals surface area contributed by atoms with E-state index in [2.05, 4.69) is 63.5 Å². The third kappa shape index (κ3) is 6.02. The summed E-state index contributed by atoms with van der Waals surface area (Å²) in [5, 5.41) is 3.84. The second kappa shape index (κ2) is 11.3. The Morgan fingerprint density at radius 2 is 1.84 bits per heavy atom. The number of nitrogens with zero attached hydrogens (tertiary/aromatic N) is 3. The van der Waals surface area contributed by atoms with Crippen molar-refractivity contribution in [3.63, 3.8) is 0 Å². The van der Waals surface area contributed by atoms with Crippen LogP contribution in [0.25, 0.3) is 22.2 Å². The van der Waals surface area contributed by atoms with Crippen LogP contribution in [0.5, 0.6) is 0 Å². The van der Waals surface area contributed by atoms with Crippen molar-refractivity contribution in [3.05, 3.63) is 76.8 Å². The molecule has 1 fully saturated rings. The van der Waals surface area contributed by atoms with Crippen LogP contribution in [0.15, 0.2) is 65.8 Å². The van der Waals surface area contributed by atoms with E-state index in [1.165, 1.54) is 22.9 Å². The van der Waals surface area contributed by atoms with Gasteiger partial charge in [-0.05, 0) is 55.8 Å². The molecule has 1 aromatic heterocycles. The van der Waals surface area contributed by atoms with E-state index in [0.29, 0.717) is 10.7 Å². The number of amides is 1. The monoisotopic (exact) mass is 533 g/mol. The van der Waals surface area contributed by atoms with Crippen LogP contribution < -0.4 is 5.32 Å². The molecule has 2 N–H and O–H groups in total. The molecule has 0 bridgehead atoms. The number of anilines is 1. The van der Waals surface area contributed by atoms with E-state index in [-0.39, 0.29) is 11.2 Å². The predicted molar refractivity (Wildman–Crippen MR) is 154 cm³/mol. The van der Waals surface area contributed by atoms with E-state index in [9.17, 15) is 4.79 Å². The lowest BCUT2D eigenvalue weighted by Crippen LogP contribution is -2.43. The lowest BCUT2D eigenvalue weighted by Gasteiger charge is -2.32. The molecule has 8 heteroatoms. The lowest BCUT2D eigenvalue weighted by molar-refractivity contribution is -0.115. The zero-order valence-corrected chi connectivity index (χ0v) is 23.0. The fraction of sp³-hybridized carbons (Fsp3) is 0.310. The minimum absolute atomic E-state index is 0.117. The van der Waals surface area contributed by atoms with Gasteiger partial charge in [0.05, 0.1) is 27.0 Å². The highest BCUT2D eigenvalue weighted by molar-refractivity contribution is 8.00. The van der Waals surface area contributed by atoms with Crippen molar-refractivity contribution in [3.8, 4) is 11.1 Å². The van der Waals surface area contributed by atoms with Gasteiger partial charge >= 0.3 is 0 Å². The van der Waals surface area contributed by atoms with Gasteiger partial charge in [-0.1, -0.05) is 65.8 Å². The molecule has 6 nitrogen and oxygen atoms in total. The number of carbonyl (C=O) groups excluding carboxylic acids is 1. The molecule has 0 spiro atoms. The SMILES string of the molecule is Cc1ccc(NC(=O)[C@H](C)Sc2nc3c(-c4ccccc4CN4CCN(C)CC4)cccc3[nH]2)c(Cl)c1. The van der Waals surface area contributed by atoms with Gasteiger partial charge in [0, 0.05) is 38.3 Å². The Kier molecular flexibility index (Phi) is 7.86. The third-order valence-corrected chi connectivity index (χ3v) is 8.13. The molecule has 37 heavy (non-hydrogen) atoms. The summed E-state index contributed by atoms with van der Waals surface area (Å²) in [5.74, 6) is -0.117. The van der Waals surface area contributed by atoms with Gasteiger partial charge in [-0.2, -0.15) is 0 Å². The Hall–Kier alpha value is -2.84. The first-order chi connectivity index (χ1) is 17.9. The molecule has 1 aliphatic heterocycles. The number of halogens is 1. The number of carbonyl (C=O) groups is 1. The van der Waals surface area contributed by atoms with Crippen LogP contribution in [-0.4, -0.2) is 64.2 Å². The minimum atomic E-state index is -0.356. The molecule has 5 rings (SSSR count). The number of nitrogens with one attached hydrogen (secondary N) is 2. The molecule has 1 saturated heterocycles. The van der Waals surface area contributed by atoms with Crippen molar-refractivity contribution in [2.45, 2.75) is 30.8 Å². The highest BCUT2D eigenvalue weighted by atomic mass is 35.5. The van der Waals surface area contributed by atoms with Crippen molar-refractivity contribution < 1.29 is 4.79 Å². The Labute approximate surface area is 227 Å². The van der Waals surface area contributed by atoms with Crippen LogP contribution in [-0.2, 0) is 11.3 Å². The Morgan fingerprint density at radius 1 is 1.08 bits per heavy atom. The van der Waals surface area contributed by atoms with E-state index in [0.717, 1.165) is 60.0 Å². The Balaban J connectivity index is 1.35. The van der Waals surface area contributed by atoms with Crippen LogP contribution in [0.3, 0.4) is 0 Å². The summed E-state index contributed by atoms with van der Waals surface area (Å²) in [5.41, 5.74) is 7.17. The normalized spacial score (nSPS) is 15.7. The number of H-pyrrole nitrogens is 1. The van der Waals surface area contributed by atoms with Crippen LogP contribution in [0.4, 0.5) is 5.69 Å². The molecule has 192 valence electrons. The molecule has 4 aromatic rings. The number of imidazole rings is 1. The summed E-state index contributed by atoms with van der Waals surface area (Å²) >= 11 is 7.71. The average Bonchev–Trinajstić information content (AvgIpc) is 3.30. The second-order valence-corrected chi connectivity index (χ2v) is 11.4. The Morgan fingerprint density at radius 3 is 2.62 bits per heavy atom. The molecule has 0 saturated carbocycles. The van der Waals surface area contributed by atoms with E-state index >= 15 is 0 Å². The molecule has 2 heterocycles. The number of aromatic amines is 1. The maximum Gasteiger partial charge on any atom is 0.237 e. The number of thioether (sulfide) groups is 1. The summed E-state index contributed by atoms with van der Waals surface area (Å²) in [6.07, 6.45) is 0. The number of aryl methyl sites for hydroxylation is 1. The van der Waals surface area contributed by atoms with E-state index in [1.807, 2.05) is 38.1 Å². The first-order valence-electron chi connectivity index (χ1n) is 12.6. The topological polar surface area (TPSA) is 64.3 Å². The maximum absolute atomic E-state index is 12.9. The number of likely N-dealkylation sites (N-methyl/N-ethyl adjacent to an activating group) is 1. The van der Waals surface area contributed by atoms with Crippen molar-refractivity contribution in [2.24, 2.45) is 0 Å². The number of piperazine rings is 1. The molecular weight excluding hydrogens is 502 g/mol. The van der Waals surface area contributed by atoms with Gasteiger partial charge in [-0.15, -0.1) is 0 Å². The first kappa shape index (κ1) is 25.8. The van der Waals surface area contributed by atoms with Crippen molar-refractivity contribution in [1.29, 1.82) is 0 Å². The van der Waals surface area contributed by atoms with E-state index in [1.54, 1.807) is 0 Å². The standard InChI is InChI=1S/C29H32ClN5OS/c1-19-11-12-25(24(30)17-19)31-28(36)20(2)37-29-32-26-10-6-9-23(27(26)33-29)22-8-5-4-7-21(22)18-35-15-13-34(3)14-16-35/h4-12,17,20H,13-16,18H2,1-3H3,(H,31,36)(H,32,33)/t20-/m0/s1. The Bertz CT molecular complexity index is 1410. The molecular formula is C29H32ClN5OS. The zero-order valence-electron chi connectivity index (χ0n) is 21.4. The number of hydrogen-bond acceptors (Lipinski definition) is 5.